The SMILES string of the molecule is CCCC(=O)N1CCc2c(sc(S(=O)(=O)NCc3ccc(C)cc3)c2C(=O)OC)C1. The van der Waals surface area contributed by atoms with Crippen LogP contribution in [0.3, 0.4) is 0 Å². The predicted octanol–water partition coefficient (Wildman–Crippen LogP) is 3.01. The van der Waals surface area contributed by atoms with Crippen LogP contribution in [0, 0.1) is 6.92 Å². The maximum atomic E-state index is 13.1. The smallest absolute Gasteiger partial charge is 0.340 e. The number of aryl methyl sites for hydroxylation is 1. The highest BCUT2D eigenvalue weighted by molar-refractivity contribution is 7.91. The van der Waals surface area contributed by atoms with Gasteiger partial charge in [-0.2, -0.15) is 0 Å². The summed E-state index contributed by atoms with van der Waals surface area (Å²) in [6.07, 6.45) is 1.63. The molecule has 2 heterocycles. The standard InChI is InChI=1S/C21H26N2O5S2/c1-4-5-18(24)23-11-10-16-17(13-23)29-21(19(16)20(25)28-3)30(26,27)22-12-15-8-6-14(2)7-9-15/h6-9,22H,4-5,10-13H2,1-3H3. The van der Waals surface area contributed by atoms with E-state index in [4.69, 9.17) is 4.74 Å². The van der Waals surface area contributed by atoms with Crippen LogP contribution >= 0.6 is 11.3 Å². The lowest BCUT2D eigenvalue weighted by molar-refractivity contribution is -0.132. The molecular formula is C21H26N2O5S2. The topological polar surface area (TPSA) is 92.8 Å². The summed E-state index contributed by atoms with van der Waals surface area (Å²) in [5.41, 5.74) is 2.67. The van der Waals surface area contributed by atoms with Gasteiger partial charge in [0.25, 0.3) is 10.0 Å². The van der Waals surface area contributed by atoms with Crippen LogP contribution in [0.25, 0.3) is 0 Å². The van der Waals surface area contributed by atoms with Crippen LogP contribution in [0.15, 0.2) is 28.5 Å². The number of carbonyl (C=O) groups is 2. The molecule has 0 unspecified atom stereocenters. The molecule has 1 aliphatic rings. The van der Waals surface area contributed by atoms with E-state index in [9.17, 15) is 18.0 Å². The van der Waals surface area contributed by atoms with E-state index >= 15 is 0 Å². The molecule has 1 aliphatic heterocycles. The third kappa shape index (κ3) is 4.74. The van der Waals surface area contributed by atoms with Crippen LogP contribution in [0.1, 0.15) is 51.7 Å². The molecule has 1 aromatic heterocycles. The van der Waals surface area contributed by atoms with Gasteiger partial charge in [-0.25, -0.2) is 17.9 Å². The number of fused-ring (bicyclic) bond motifs is 1. The number of thiophene rings is 1. The Morgan fingerprint density at radius 3 is 2.57 bits per heavy atom. The van der Waals surface area contributed by atoms with E-state index in [2.05, 4.69) is 4.72 Å². The maximum Gasteiger partial charge on any atom is 0.340 e. The summed E-state index contributed by atoms with van der Waals surface area (Å²) in [7, 11) is -2.69. The summed E-state index contributed by atoms with van der Waals surface area (Å²) in [4.78, 5) is 27.2. The van der Waals surface area contributed by atoms with E-state index in [1.54, 1.807) is 4.90 Å². The highest BCUT2D eigenvalue weighted by atomic mass is 32.2. The molecule has 0 spiro atoms. The van der Waals surface area contributed by atoms with Gasteiger partial charge in [-0.1, -0.05) is 36.8 Å². The molecule has 0 aliphatic carbocycles. The molecule has 0 bridgehead atoms. The van der Waals surface area contributed by atoms with E-state index in [0.717, 1.165) is 33.8 Å². The van der Waals surface area contributed by atoms with Crippen molar-refractivity contribution in [3.05, 3.63) is 51.4 Å². The first-order chi connectivity index (χ1) is 14.3. The van der Waals surface area contributed by atoms with Crippen LogP contribution in [0.5, 0.6) is 0 Å². The van der Waals surface area contributed by atoms with Gasteiger partial charge in [-0.15, -0.1) is 11.3 Å². The monoisotopic (exact) mass is 450 g/mol. The number of esters is 1. The fraction of sp³-hybridized carbons (Fsp3) is 0.429. The normalized spacial score (nSPS) is 13.8. The largest absolute Gasteiger partial charge is 0.465 e. The molecule has 7 nitrogen and oxygen atoms in total. The lowest BCUT2D eigenvalue weighted by atomic mass is 10.0. The van der Waals surface area contributed by atoms with Gasteiger partial charge in [0, 0.05) is 24.4 Å². The average molecular weight is 451 g/mol. The van der Waals surface area contributed by atoms with Crippen LogP contribution < -0.4 is 4.72 Å². The van der Waals surface area contributed by atoms with Gasteiger partial charge in [0.05, 0.1) is 19.2 Å². The number of benzene rings is 1. The van der Waals surface area contributed by atoms with Gasteiger partial charge in [-0.3, -0.25) is 4.79 Å². The van der Waals surface area contributed by atoms with Crippen LogP contribution in [0.4, 0.5) is 0 Å². The number of sulfonamides is 1. The number of rotatable bonds is 7. The summed E-state index contributed by atoms with van der Waals surface area (Å²) in [5, 5.41) is 0. The van der Waals surface area contributed by atoms with Gasteiger partial charge in [0.2, 0.25) is 5.91 Å². The van der Waals surface area contributed by atoms with Crippen molar-refractivity contribution in [2.24, 2.45) is 0 Å². The van der Waals surface area contributed by atoms with Crippen molar-refractivity contribution in [3.63, 3.8) is 0 Å². The van der Waals surface area contributed by atoms with Gasteiger partial charge < -0.3 is 9.64 Å². The summed E-state index contributed by atoms with van der Waals surface area (Å²) in [6, 6.07) is 7.54. The van der Waals surface area contributed by atoms with Crippen molar-refractivity contribution >= 4 is 33.2 Å². The van der Waals surface area contributed by atoms with E-state index in [1.165, 1.54) is 7.11 Å². The zero-order chi connectivity index (χ0) is 21.9. The van der Waals surface area contributed by atoms with Gasteiger partial charge in [0.15, 0.2) is 0 Å². The van der Waals surface area contributed by atoms with Crippen molar-refractivity contribution in [2.75, 3.05) is 13.7 Å². The predicted molar refractivity (Wildman–Crippen MR) is 115 cm³/mol. The fourth-order valence-electron chi connectivity index (χ4n) is 3.41. The first kappa shape index (κ1) is 22.5. The van der Waals surface area contributed by atoms with Crippen molar-refractivity contribution in [1.29, 1.82) is 0 Å². The summed E-state index contributed by atoms with van der Waals surface area (Å²) < 4.78 is 33.5. The van der Waals surface area contributed by atoms with Crippen molar-refractivity contribution in [3.8, 4) is 0 Å². The van der Waals surface area contributed by atoms with Crippen LogP contribution in [-0.4, -0.2) is 38.8 Å². The first-order valence-corrected chi connectivity index (χ1v) is 12.1. The molecule has 30 heavy (non-hydrogen) atoms. The van der Waals surface area contributed by atoms with Gasteiger partial charge in [0.1, 0.15) is 4.21 Å². The molecule has 9 heteroatoms. The van der Waals surface area contributed by atoms with E-state index in [0.29, 0.717) is 31.5 Å². The lowest BCUT2D eigenvalue weighted by Crippen LogP contribution is -2.35. The lowest BCUT2D eigenvalue weighted by Gasteiger charge is -2.27. The van der Waals surface area contributed by atoms with E-state index < -0.39 is 16.0 Å². The minimum absolute atomic E-state index is 0.0399. The molecule has 2 aromatic rings. The number of methoxy groups -OCH3 is 1. The summed E-state index contributed by atoms with van der Waals surface area (Å²) >= 11 is 1.04. The van der Waals surface area contributed by atoms with Crippen molar-refractivity contribution < 1.29 is 22.7 Å². The van der Waals surface area contributed by atoms with E-state index in [1.807, 2.05) is 38.1 Å². The number of amides is 1. The Morgan fingerprint density at radius 1 is 1.23 bits per heavy atom. The molecule has 0 fully saturated rings. The summed E-state index contributed by atoms with van der Waals surface area (Å²) in [5.74, 6) is -0.630. The van der Waals surface area contributed by atoms with Crippen molar-refractivity contribution in [2.45, 2.75) is 50.4 Å². The number of carbonyl (C=O) groups excluding carboxylic acids is 2. The average Bonchev–Trinajstić information content (AvgIpc) is 3.12. The zero-order valence-corrected chi connectivity index (χ0v) is 19.0. The van der Waals surface area contributed by atoms with Gasteiger partial charge >= 0.3 is 5.97 Å². The second-order valence-electron chi connectivity index (χ2n) is 7.28. The highest BCUT2D eigenvalue weighted by Gasteiger charge is 2.34. The van der Waals surface area contributed by atoms with Gasteiger partial charge in [-0.05, 0) is 30.9 Å². The Morgan fingerprint density at radius 2 is 1.93 bits per heavy atom. The number of nitrogens with zero attached hydrogens (tertiary/aromatic N) is 1. The second-order valence-corrected chi connectivity index (χ2v) is 10.4. The number of ether oxygens (including phenoxy) is 1. The molecule has 0 radical (unpaired) electrons. The van der Waals surface area contributed by atoms with E-state index in [-0.39, 0.29) is 22.2 Å². The molecular weight excluding hydrogens is 424 g/mol. The Labute approximate surface area is 181 Å². The molecule has 0 atom stereocenters. The third-order valence-corrected chi connectivity index (χ3v) is 8.20. The quantitative estimate of drug-likeness (QED) is 0.655. The third-order valence-electron chi connectivity index (χ3n) is 5.06. The molecule has 1 aromatic carbocycles. The Balaban J connectivity index is 1.90. The Hall–Kier alpha value is -2.23. The van der Waals surface area contributed by atoms with Crippen molar-refractivity contribution in [1.82, 2.24) is 9.62 Å². The maximum absolute atomic E-state index is 13.1. The Bertz CT molecular complexity index is 1040. The van der Waals surface area contributed by atoms with Crippen LogP contribution in [0.2, 0.25) is 0 Å². The zero-order valence-electron chi connectivity index (χ0n) is 17.4. The molecule has 3 rings (SSSR count). The highest BCUT2D eigenvalue weighted by Crippen LogP contribution is 2.36. The summed E-state index contributed by atoms with van der Waals surface area (Å²) in [6.45, 7) is 4.80. The Kier molecular flexibility index (Phi) is 6.95. The second kappa shape index (κ2) is 9.28. The first-order valence-electron chi connectivity index (χ1n) is 9.82. The molecule has 0 saturated heterocycles. The molecule has 1 amide bonds. The molecule has 0 saturated carbocycles. The minimum atomic E-state index is -3.93. The molecule has 162 valence electrons. The number of hydrogen-bond acceptors (Lipinski definition) is 6. The minimum Gasteiger partial charge on any atom is -0.465 e. The van der Waals surface area contributed by atoms with Crippen LogP contribution in [-0.2, 0) is 39.1 Å². The molecule has 1 N–H and O–H groups in total. The fourth-order valence-corrected chi connectivity index (χ4v) is 6.37. The number of hydrogen-bond donors (Lipinski definition) is 1. The number of nitrogens with one attached hydrogen (secondary N) is 1.